The first-order valence-corrected chi connectivity index (χ1v) is 4.40. The molecule has 1 aromatic carbocycles. The average Bonchev–Trinajstić information content (AvgIpc) is 2.25. The number of rotatable bonds is 4. The number of carbonyl (C=O) groups is 1. The van der Waals surface area contributed by atoms with Crippen molar-refractivity contribution < 1.29 is 14.7 Å². The van der Waals surface area contributed by atoms with Crippen LogP contribution in [-0.4, -0.2) is 21.6 Å². The zero-order chi connectivity index (χ0) is 11.1. The lowest BCUT2D eigenvalue weighted by Crippen LogP contribution is -2.12. The van der Waals surface area contributed by atoms with E-state index in [1.807, 2.05) is 30.3 Å². The van der Waals surface area contributed by atoms with Gasteiger partial charge in [0.1, 0.15) is 0 Å². The third-order valence-corrected chi connectivity index (χ3v) is 1.79. The van der Waals surface area contributed by atoms with Crippen molar-refractivity contribution >= 4 is 17.8 Å². The van der Waals surface area contributed by atoms with Crippen LogP contribution in [0.1, 0.15) is 12.0 Å². The molecule has 0 spiro atoms. The van der Waals surface area contributed by atoms with Crippen LogP contribution in [0.15, 0.2) is 36.4 Å². The van der Waals surface area contributed by atoms with E-state index >= 15 is 0 Å². The Morgan fingerprint density at radius 2 is 2.07 bits per heavy atom. The van der Waals surface area contributed by atoms with Crippen LogP contribution < -0.4 is 0 Å². The number of allylic oxidation sites excluding steroid dienone is 1. The van der Waals surface area contributed by atoms with Crippen LogP contribution in [0.5, 0.6) is 0 Å². The SMILES string of the molecule is [N-]=[N+]=C(CC=Cc1ccccc1)C(=O)O. The van der Waals surface area contributed by atoms with E-state index in [1.165, 1.54) is 0 Å². The summed E-state index contributed by atoms with van der Waals surface area (Å²) in [5.41, 5.74) is 9.06. The number of aliphatic carboxylic acids is 1. The number of benzene rings is 1. The van der Waals surface area contributed by atoms with Crippen LogP contribution in [0.3, 0.4) is 0 Å². The molecular weight excluding hydrogens is 192 g/mol. The fraction of sp³-hybridized carbons (Fsp3) is 0.0909. The van der Waals surface area contributed by atoms with Crippen molar-refractivity contribution in [3.05, 3.63) is 47.5 Å². The minimum Gasteiger partial charge on any atom is -0.473 e. The van der Waals surface area contributed by atoms with Gasteiger partial charge in [0.25, 0.3) is 0 Å². The molecule has 0 saturated carbocycles. The fourth-order valence-corrected chi connectivity index (χ4v) is 1.04. The van der Waals surface area contributed by atoms with Crippen molar-refractivity contribution in [3.8, 4) is 0 Å². The van der Waals surface area contributed by atoms with Crippen LogP contribution >= 0.6 is 0 Å². The lowest BCUT2D eigenvalue weighted by atomic mass is 10.2. The van der Waals surface area contributed by atoms with E-state index in [1.54, 1.807) is 12.2 Å². The predicted molar refractivity (Wildman–Crippen MR) is 56.4 cm³/mol. The van der Waals surface area contributed by atoms with Crippen molar-refractivity contribution in [2.75, 3.05) is 0 Å². The first kappa shape index (κ1) is 10.9. The van der Waals surface area contributed by atoms with Gasteiger partial charge in [-0.15, -0.1) is 0 Å². The molecule has 4 heteroatoms. The van der Waals surface area contributed by atoms with Gasteiger partial charge < -0.3 is 10.6 Å². The monoisotopic (exact) mass is 202 g/mol. The maximum atomic E-state index is 10.4. The van der Waals surface area contributed by atoms with E-state index in [9.17, 15) is 4.79 Å². The molecule has 0 radical (unpaired) electrons. The average molecular weight is 202 g/mol. The summed E-state index contributed by atoms with van der Waals surface area (Å²) in [5.74, 6) is -1.21. The molecule has 0 bridgehead atoms. The van der Waals surface area contributed by atoms with Gasteiger partial charge >= 0.3 is 11.7 Å². The highest BCUT2D eigenvalue weighted by atomic mass is 16.4. The number of carboxylic acid groups (broad SMARTS) is 1. The molecule has 0 unspecified atom stereocenters. The molecule has 0 aliphatic carbocycles. The molecule has 0 saturated heterocycles. The lowest BCUT2D eigenvalue weighted by molar-refractivity contribution is -0.134. The van der Waals surface area contributed by atoms with Crippen LogP contribution in [0.4, 0.5) is 0 Å². The molecule has 0 aliphatic rings. The number of nitrogens with zero attached hydrogens (tertiary/aromatic N) is 2. The standard InChI is InChI=1S/C11H10N2O2/c12-13-10(11(14)15)8-4-7-9-5-2-1-3-6-9/h1-7H,8H2,(H,14,15). The van der Waals surface area contributed by atoms with Crippen molar-refractivity contribution in [1.82, 2.24) is 0 Å². The summed E-state index contributed by atoms with van der Waals surface area (Å²) in [6.45, 7) is 0. The van der Waals surface area contributed by atoms with Gasteiger partial charge in [-0.3, -0.25) is 0 Å². The van der Waals surface area contributed by atoms with Crippen LogP contribution in [0.2, 0.25) is 0 Å². The van der Waals surface area contributed by atoms with Crippen molar-refractivity contribution in [1.29, 1.82) is 0 Å². The Bertz CT molecular complexity index is 417. The molecule has 1 rings (SSSR count). The van der Waals surface area contributed by atoms with E-state index in [4.69, 9.17) is 10.6 Å². The van der Waals surface area contributed by atoms with Crippen molar-refractivity contribution in [2.24, 2.45) is 0 Å². The highest BCUT2D eigenvalue weighted by Crippen LogP contribution is 2.01. The molecule has 0 amide bonds. The normalized spacial score (nSPS) is 9.87. The molecule has 0 fully saturated rings. The lowest BCUT2D eigenvalue weighted by Gasteiger charge is -1.89. The molecule has 0 aliphatic heterocycles. The van der Waals surface area contributed by atoms with Gasteiger partial charge in [-0.25, -0.2) is 4.79 Å². The Balaban J connectivity index is 2.61. The first-order chi connectivity index (χ1) is 7.24. The topological polar surface area (TPSA) is 73.7 Å². The minimum absolute atomic E-state index is 0.0979. The molecular formula is C11H10N2O2. The van der Waals surface area contributed by atoms with E-state index in [0.29, 0.717) is 0 Å². The Hall–Kier alpha value is -2.19. The zero-order valence-electron chi connectivity index (χ0n) is 8.00. The van der Waals surface area contributed by atoms with Gasteiger partial charge in [0.05, 0.1) is 6.42 Å². The third kappa shape index (κ3) is 3.58. The fourth-order valence-electron chi connectivity index (χ4n) is 1.04. The van der Waals surface area contributed by atoms with Gasteiger partial charge in [0.2, 0.25) is 0 Å². The number of hydrogen-bond donors (Lipinski definition) is 1. The molecule has 0 heterocycles. The summed E-state index contributed by atoms with van der Waals surface area (Å²) in [6, 6.07) is 9.46. The minimum atomic E-state index is -1.21. The van der Waals surface area contributed by atoms with E-state index in [0.717, 1.165) is 5.56 Å². The summed E-state index contributed by atoms with van der Waals surface area (Å²) in [7, 11) is 0. The van der Waals surface area contributed by atoms with Gasteiger partial charge in [-0.05, 0) is 5.56 Å². The van der Waals surface area contributed by atoms with Crippen LogP contribution in [-0.2, 0) is 4.79 Å². The number of hydrogen-bond acceptors (Lipinski definition) is 1. The highest BCUT2D eigenvalue weighted by molar-refractivity contribution is 6.33. The highest BCUT2D eigenvalue weighted by Gasteiger charge is 2.15. The molecule has 15 heavy (non-hydrogen) atoms. The third-order valence-electron chi connectivity index (χ3n) is 1.79. The van der Waals surface area contributed by atoms with E-state index < -0.39 is 5.97 Å². The van der Waals surface area contributed by atoms with Gasteiger partial charge in [-0.2, -0.15) is 4.79 Å². The van der Waals surface area contributed by atoms with Crippen LogP contribution in [0, 0.1) is 0 Å². The van der Waals surface area contributed by atoms with Gasteiger partial charge in [0, 0.05) is 0 Å². The van der Waals surface area contributed by atoms with E-state index in [-0.39, 0.29) is 12.1 Å². The summed E-state index contributed by atoms with van der Waals surface area (Å²) in [4.78, 5) is 13.1. The van der Waals surface area contributed by atoms with Gasteiger partial charge in [-0.1, -0.05) is 42.5 Å². The Morgan fingerprint density at radius 1 is 1.40 bits per heavy atom. The maximum Gasteiger partial charge on any atom is 0.414 e. The van der Waals surface area contributed by atoms with Gasteiger partial charge in [0.15, 0.2) is 0 Å². The Morgan fingerprint density at radius 3 is 2.60 bits per heavy atom. The number of carboxylic acids is 1. The molecule has 1 N–H and O–H groups in total. The summed E-state index contributed by atoms with van der Waals surface area (Å²) < 4.78 is 0. The quantitative estimate of drug-likeness (QED) is 0.459. The molecule has 1 aromatic rings. The molecule has 4 nitrogen and oxygen atoms in total. The second-order valence-corrected chi connectivity index (χ2v) is 2.87. The second kappa shape index (κ2) is 5.52. The Labute approximate surface area is 87.1 Å². The van der Waals surface area contributed by atoms with E-state index in [2.05, 4.69) is 4.79 Å². The molecule has 0 aromatic heterocycles. The maximum absolute atomic E-state index is 10.4. The Kier molecular flexibility index (Phi) is 4.01. The zero-order valence-corrected chi connectivity index (χ0v) is 8.00. The molecule has 0 atom stereocenters. The summed E-state index contributed by atoms with van der Waals surface area (Å²) in [6.07, 6.45) is 3.51. The first-order valence-electron chi connectivity index (χ1n) is 4.40. The summed E-state index contributed by atoms with van der Waals surface area (Å²) >= 11 is 0. The smallest absolute Gasteiger partial charge is 0.414 e. The summed E-state index contributed by atoms with van der Waals surface area (Å²) in [5, 5.41) is 8.55. The largest absolute Gasteiger partial charge is 0.473 e. The van der Waals surface area contributed by atoms with Crippen molar-refractivity contribution in [2.45, 2.75) is 6.42 Å². The predicted octanol–water partition coefficient (Wildman–Crippen LogP) is 1.85. The van der Waals surface area contributed by atoms with Crippen LogP contribution in [0.25, 0.3) is 11.6 Å². The second-order valence-electron chi connectivity index (χ2n) is 2.87. The molecule has 76 valence electrons. The van der Waals surface area contributed by atoms with Crippen molar-refractivity contribution in [3.63, 3.8) is 0 Å².